The fourth-order valence-corrected chi connectivity index (χ4v) is 4.97. The van der Waals surface area contributed by atoms with E-state index in [2.05, 4.69) is 63.1 Å². The number of methoxy groups -OCH3 is 1. The minimum atomic E-state index is -0.506. The van der Waals surface area contributed by atoms with Gasteiger partial charge in [-0.15, -0.1) is 0 Å². The quantitative estimate of drug-likeness (QED) is 0.119. The van der Waals surface area contributed by atoms with E-state index in [1.165, 1.54) is 13.3 Å². The Hall–Kier alpha value is -5.27. The van der Waals surface area contributed by atoms with Crippen molar-refractivity contribution in [3.8, 4) is 29.0 Å². The number of aromatic nitrogens is 1. The number of amides is 1. The second-order valence-electron chi connectivity index (χ2n) is 9.78. The first-order valence-electron chi connectivity index (χ1n) is 13.6. The molecule has 10 heteroatoms. The number of carbonyl (C=O) groups is 1. The normalized spacial score (nSPS) is 10.9. The zero-order valence-electron chi connectivity index (χ0n) is 24.3. The molecule has 0 aliphatic heterocycles. The summed E-state index contributed by atoms with van der Waals surface area (Å²) in [5.74, 6) is 1.74. The lowest BCUT2D eigenvalue weighted by molar-refractivity contribution is 0.0923. The van der Waals surface area contributed by atoms with Gasteiger partial charge < -0.3 is 23.2 Å². The summed E-state index contributed by atoms with van der Waals surface area (Å²) in [5, 5.41) is 13.4. The highest BCUT2D eigenvalue weighted by Gasteiger charge is 2.13. The Morgan fingerprint density at radius 3 is 2.45 bits per heavy atom. The Bertz CT molecular complexity index is 1830. The summed E-state index contributed by atoms with van der Waals surface area (Å²) < 4.78 is 25.8. The summed E-state index contributed by atoms with van der Waals surface area (Å²) >= 11 is 3.51. The molecule has 9 nitrogen and oxygen atoms in total. The second-order valence-corrected chi connectivity index (χ2v) is 10.6. The number of hydrogen-bond acceptors (Lipinski definition) is 7. The number of hydrazone groups is 1. The largest absolute Gasteiger partial charge is 0.493 e. The Kier molecular flexibility index (Phi) is 9.47. The van der Waals surface area contributed by atoms with Crippen LogP contribution in [0.25, 0.3) is 5.69 Å². The first-order chi connectivity index (χ1) is 21.4. The number of aryl methyl sites for hydroxylation is 2. The number of nitrogens with one attached hydrogen (secondary N) is 1. The van der Waals surface area contributed by atoms with E-state index >= 15 is 0 Å². The Balaban J connectivity index is 1.15. The number of nitriles is 1. The van der Waals surface area contributed by atoms with Gasteiger partial charge in [-0.1, -0.05) is 18.2 Å². The maximum Gasteiger partial charge on any atom is 0.307 e. The topological polar surface area (TPSA) is 111 Å². The number of hydrogen-bond donors (Lipinski definition) is 1. The summed E-state index contributed by atoms with van der Waals surface area (Å²) in [6, 6.07) is 28.1. The van der Waals surface area contributed by atoms with Crippen LogP contribution in [0, 0.1) is 25.2 Å². The number of halogens is 1. The fourth-order valence-electron chi connectivity index (χ4n) is 4.55. The van der Waals surface area contributed by atoms with E-state index in [1.807, 2.05) is 36.4 Å². The molecule has 5 rings (SSSR count). The van der Waals surface area contributed by atoms with Crippen LogP contribution in [0.3, 0.4) is 0 Å². The summed E-state index contributed by atoms with van der Waals surface area (Å²) in [4.78, 5) is 12.6. The summed E-state index contributed by atoms with van der Waals surface area (Å²) in [7, 11) is 1.53. The van der Waals surface area contributed by atoms with Crippen molar-refractivity contribution < 1.29 is 23.4 Å². The SMILES string of the molecule is COc1cc(/C=N/NC(=O)c2ccc(COc3ccc(-n4c(C)ccc4C)cc3)o2)c(Br)cc1OCc1ccccc1C#N. The third kappa shape index (κ3) is 7.02. The van der Waals surface area contributed by atoms with E-state index in [0.717, 1.165) is 22.6 Å². The number of furan rings is 1. The third-order valence-electron chi connectivity index (χ3n) is 6.81. The molecule has 0 aliphatic carbocycles. The van der Waals surface area contributed by atoms with Crippen LogP contribution in [0.2, 0.25) is 0 Å². The van der Waals surface area contributed by atoms with Crippen LogP contribution in [0.1, 0.15) is 44.4 Å². The van der Waals surface area contributed by atoms with Crippen molar-refractivity contribution in [1.82, 2.24) is 9.99 Å². The fraction of sp³-hybridized carbons (Fsp3) is 0.147. The summed E-state index contributed by atoms with van der Waals surface area (Å²) in [6.07, 6.45) is 1.48. The Morgan fingerprint density at radius 1 is 0.977 bits per heavy atom. The van der Waals surface area contributed by atoms with Gasteiger partial charge in [0, 0.05) is 32.7 Å². The van der Waals surface area contributed by atoms with E-state index in [9.17, 15) is 10.1 Å². The van der Waals surface area contributed by atoms with Crippen molar-refractivity contribution in [1.29, 1.82) is 5.26 Å². The zero-order valence-corrected chi connectivity index (χ0v) is 25.9. The molecule has 2 aromatic heterocycles. The molecule has 3 aromatic carbocycles. The van der Waals surface area contributed by atoms with E-state index in [-0.39, 0.29) is 19.0 Å². The molecule has 0 atom stereocenters. The van der Waals surface area contributed by atoms with Crippen LogP contribution in [-0.4, -0.2) is 23.8 Å². The molecule has 44 heavy (non-hydrogen) atoms. The van der Waals surface area contributed by atoms with Crippen LogP contribution >= 0.6 is 15.9 Å². The van der Waals surface area contributed by atoms with Crippen LogP contribution in [0.5, 0.6) is 17.2 Å². The van der Waals surface area contributed by atoms with Crippen LogP contribution in [-0.2, 0) is 13.2 Å². The number of rotatable bonds is 11. The average Bonchev–Trinajstić information content (AvgIpc) is 3.66. The van der Waals surface area contributed by atoms with Gasteiger partial charge in [0.15, 0.2) is 17.3 Å². The molecule has 5 aromatic rings. The highest BCUT2D eigenvalue weighted by Crippen LogP contribution is 2.33. The van der Waals surface area contributed by atoms with Crippen molar-refractivity contribution in [2.45, 2.75) is 27.1 Å². The molecule has 2 heterocycles. The molecule has 0 radical (unpaired) electrons. The minimum Gasteiger partial charge on any atom is -0.493 e. The summed E-state index contributed by atoms with van der Waals surface area (Å²) in [6.45, 7) is 4.50. The van der Waals surface area contributed by atoms with Crippen LogP contribution in [0.4, 0.5) is 0 Å². The highest BCUT2D eigenvalue weighted by atomic mass is 79.9. The standard InChI is InChI=1S/C34H29BrN4O5/c1-22-8-9-23(2)39(22)27-10-12-28(13-11-27)42-21-29-14-15-31(44-29)34(40)38-37-19-26-16-32(41-3)33(17-30(26)35)43-20-25-7-5-4-6-24(25)18-36/h4-17,19H,20-21H2,1-3H3,(H,38,40)/b37-19+. The van der Waals surface area contributed by atoms with Crippen LogP contribution < -0.4 is 19.6 Å². The lowest BCUT2D eigenvalue weighted by Crippen LogP contribution is -2.16. The Morgan fingerprint density at radius 2 is 1.73 bits per heavy atom. The molecule has 0 bridgehead atoms. The third-order valence-corrected chi connectivity index (χ3v) is 7.49. The van der Waals surface area contributed by atoms with Crippen molar-refractivity contribution in [2.75, 3.05) is 7.11 Å². The maximum absolute atomic E-state index is 12.6. The number of carbonyl (C=O) groups excluding carboxylic acids is 1. The van der Waals surface area contributed by atoms with E-state index in [0.29, 0.717) is 38.6 Å². The summed E-state index contributed by atoms with van der Waals surface area (Å²) in [5.41, 5.74) is 7.81. The minimum absolute atomic E-state index is 0.104. The van der Waals surface area contributed by atoms with Gasteiger partial charge in [-0.2, -0.15) is 10.4 Å². The lowest BCUT2D eigenvalue weighted by Gasteiger charge is -2.13. The van der Waals surface area contributed by atoms with Crippen molar-refractivity contribution in [3.05, 3.63) is 129 Å². The van der Waals surface area contributed by atoms with Crippen LogP contribution in [0.15, 0.2) is 98.9 Å². The highest BCUT2D eigenvalue weighted by molar-refractivity contribution is 9.10. The molecule has 0 spiro atoms. The molecular formula is C34H29BrN4O5. The van der Waals surface area contributed by atoms with Crippen molar-refractivity contribution in [3.63, 3.8) is 0 Å². The molecular weight excluding hydrogens is 624 g/mol. The van der Waals surface area contributed by atoms with Gasteiger partial charge in [0.25, 0.3) is 0 Å². The average molecular weight is 654 g/mol. The first kappa shape index (κ1) is 30.2. The zero-order chi connectivity index (χ0) is 31.1. The Labute approximate surface area is 263 Å². The predicted molar refractivity (Wildman–Crippen MR) is 170 cm³/mol. The monoisotopic (exact) mass is 652 g/mol. The molecule has 0 unspecified atom stereocenters. The van der Waals surface area contributed by atoms with Gasteiger partial charge in [0.1, 0.15) is 24.7 Å². The van der Waals surface area contributed by atoms with E-state index in [1.54, 1.807) is 36.4 Å². The molecule has 0 aliphatic rings. The van der Waals surface area contributed by atoms with Gasteiger partial charge >= 0.3 is 5.91 Å². The van der Waals surface area contributed by atoms with Gasteiger partial charge in [-0.3, -0.25) is 4.79 Å². The number of nitrogens with zero attached hydrogens (tertiary/aromatic N) is 3. The number of benzene rings is 3. The molecule has 0 fully saturated rings. The van der Waals surface area contributed by atoms with E-state index in [4.69, 9.17) is 18.6 Å². The molecule has 222 valence electrons. The van der Waals surface area contributed by atoms with Crippen molar-refractivity contribution >= 4 is 28.1 Å². The smallest absolute Gasteiger partial charge is 0.307 e. The van der Waals surface area contributed by atoms with Gasteiger partial charge in [-0.25, -0.2) is 5.43 Å². The second kappa shape index (κ2) is 13.8. The van der Waals surface area contributed by atoms with Gasteiger partial charge in [-0.05, 0) is 96.5 Å². The predicted octanol–water partition coefficient (Wildman–Crippen LogP) is 7.25. The van der Waals surface area contributed by atoms with Crippen molar-refractivity contribution in [2.24, 2.45) is 5.10 Å². The molecule has 0 saturated heterocycles. The van der Waals surface area contributed by atoms with E-state index < -0.39 is 5.91 Å². The maximum atomic E-state index is 12.6. The number of ether oxygens (including phenoxy) is 3. The van der Waals surface area contributed by atoms with Gasteiger partial charge in [0.2, 0.25) is 0 Å². The molecule has 1 amide bonds. The molecule has 1 N–H and O–H groups in total. The lowest BCUT2D eigenvalue weighted by atomic mass is 10.1. The van der Waals surface area contributed by atoms with Gasteiger partial charge in [0.05, 0.1) is 25.0 Å². The first-order valence-corrected chi connectivity index (χ1v) is 14.4. The molecule has 0 saturated carbocycles.